The molecule has 1 N–H and O–H groups in total. The molecule has 0 aromatic heterocycles. The van der Waals surface area contributed by atoms with Crippen LogP contribution in [0.15, 0.2) is 18.2 Å². The van der Waals surface area contributed by atoms with Gasteiger partial charge >= 0.3 is 0 Å². The lowest BCUT2D eigenvalue weighted by atomic mass is 9.99. The van der Waals surface area contributed by atoms with E-state index in [0.717, 1.165) is 12.8 Å². The first-order valence-corrected chi connectivity index (χ1v) is 6.54. The first-order chi connectivity index (χ1) is 8.04. The van der Waals surface area contributed by atoms with Crippen LogP contribution in [0, 0.1) is 13.8 Å². The van der Waals surface area contributed by atoms with Gasteiger partial charge in [-0.15, -0.1) is 0 Å². The quantitative estimate of drug-likeness (QED) is 0.841. The van der Waals surface area contributed by atoms with Crippen molar-refractivity contribution in [3.63, 3.8) is 0 Å². The van der Waals surface area contributed by atoms with Crippen molar-refractivity contribution in [3.8, 4) is 0 Å². The molecular formula is C15H23NO. The Hall–Kier alpha value is -1.02. The van der Waals surface area contributed by atoms with Gasteiger partial charge in [0, 0.05) is 11.7 Å². The first-order valence-electron chi connectivity index (χ1n) is 6.54. The maximum atomic E-state index is 5.76. The molecular weight excluding hydrogens is 210 g/mol. The zero-order valence-electron chi connectivity index (χ0n) is 11.3. The fraction of sp³-hybridized carbons (Fsp3) is 0.600. The average molecular weight is 233 g/mol. The zero-order valence-corrected chi connectivity index (χ0v) is 11.3. The molecule has 1 aliphatic rings. The Kier molecular flexibility index (Phi) is 3.72. The van der Waals surface area contributed by atoms with Gasteiger partial charge in [-0.3, -0.25) is 0 Å². The lowest BCUT2D eigenvalue weighted by molar-refractivity contribution is -0.0337. The molecule has 17 heavy (non-hydrogen) atoms. The minimum absolute atomic E-state index is 0.364. The molecule has 1 heterocycles. The van der Waals surface area contributed by atoms with E-state index in [9.17, 15) is 0 Å². The SMILES string of the molecule is Cc1ccc(NC2CC(C)OC(C)C2)cc1C. The zero-order chi connectivity index (χ0) is 12.4. The second-order valence-electron chi connectivity index (χ2n) is 5.37. The molecule has 0 saturated carbocycles. The minimum Gasteiger partial charge on any atom is -0.382 e. The Morgan fingerprint density at radius 3 is 2.29 bits per heavy atom. The second kappa shape index (κ2) is 5.09. The van der Waals surface area contributed by atoms with Gasteiger partial charge in [0.25, 0.3) is 0 Å². The molecule has 1 aromatic carbocycles. The van der Waals surface area contributed by atoms with Crippen LogP contribution in [0.25, 0.3) is 0 Å². The average Bonchev–Trinajstić information content (AvgIpc) is 2.22. The van der Waals surface area contributed by atoms with Crippen molar-refractivity contribution < 1.29 is 4.74 Å². The predicted molar refractivity (Wildman–Crippen MR) is 72.6 cm³/mol. The number of anilines is 1. The largest absolute Gasteiger partial charge is 0.382 e. The highest BCUT2D eigenvalue weighted by atomic mass is 16.5. The third kappa shape index (κ3) is 3.22. The number of hydrogen-bond acceptors (Lipinski definition) is 2. The lowest BCUT2D eigenvalue weighted by Crippen LogP contribution is -2.36. The lowest BCUT2D eigenvalue weighted by Gasteiger charge is -2.33. The van der Waals surface area contributed by atoms with Crippen molar-refractivity contribution >= 4 is 5.69 Å². The van der Waals surface area contributed by atoms with Crippen LogP contribution in [0.3, 0.4) is 0 Å². The van der Waals surface area contributed by atoms with Gasteiger partial charge in [-0.2, -0.15) is 0 Å². The van der Waals surface area contributed by atoms with Crippen LogP contribution in [0.1, 0.15) is 37.8 Å². The maximum absolute atomic E-state index is 5.76. The molecule has 0 aliphatic carbocycles. The molecule has 0 spiro atoms. The van der Waals surface area contributed by atoms with Crippen molar-refractivity contribution in [1.29, 1.82) is 0 Å². The highest BCUT2D eigenvalue weighted by molar-refractivity contribution is 5.48. The fourth-order valence-corrected chi connectivity index (χ4v) is 2.59. The standard InChI is InChI=1S/C15H23NO/c1-10-5-6-14(7-11(10)2)16-15-8-12(3)17-13(4)9-15/h5-7,12-13,15-16H,8-9H2,1-4H3. The number of rotatable bonds is 2. The molecule has 2 heteroatoms. The summed E-state index contributed by atoms with van der Waals surface area (Å²) < 4.78 is 5.76. The minimum atomic E-state index is 0.364. The van der Waals surface area contributed by atoms with E-state index in [1.807, 2.05) is 0 Å². The molecule has 1 fully saturated rings. The number of hydrogen-bond donors (Lipinski definition) is 1. The summed E-state index contributed by atoms with van der Waals surface area (Å²) in [4.78, 5) is 0. The fourth-order valence-electron chi connectivity index (χ4n) is 2.59. The van der Waals surface area contributed by atoms with Crippen LogP contribution in [0.2, 0.25) is 0 Å². The third-order valence-electron chi connectivity index (χ3n) is 3.58. The Morgan fingerprint density at radius 1 is 1.06 bits per heavy atom. The summed E-state index contributed by atoms with van der Waals surface area (Å²) in [6.07, 6.45) is 2.92. The van der Waals surface area contributed by atoms with E-state index in [4.69, 9.17) is 4.74 Å². The van der Waals surface area contributed by atoms with E-state index >= 15 is 0 Å². The van der Waals surface area contributed by atoms with E-state index in [1.54, 1.807) is 0 Å². The van der Waals surface area contributed by atoms with Crippen molar-refractivity contribution in [2.75, 3.05) is 5.32 Å². The summed E-state index contributed by atoms with van der Waals surface area (Å²) in [5.74, 6) is 0. The molecule has 94 valence electrons. The maximum Gasteiger partial charge on any atom is 0.0570 e. The summed E-state index contributed by atoms with van der Waals surface area (Å²) in [7, 11) is 0. The number of aryl methyl sites for hydroxylation is 2. The monoisotopic (exact) mass is 233 g/mol. The van der Waals surface area contributed by atoms with Crippen LogP contribution in [-0.2, 0) is 4.74 Å². The highest BCUT2D eigenvalue weighted by Gasteiger charge is 2.24. The number of ether oxygens (including phenoxy) is 1. The van der Waals surface area contributed by atoms with Crippen molar-refractivity contribution in [2.24, 2.45) is 0 Å². The highest BCUT2D eigenvalue weighted by Crippen LogP contribution is 2.23. The van der Waals surface area contributed by atoms with E-state index in [1.165, 1.54) is 16.8 Å². The molecule has 0 bridgehead atoms. The Bertz CT molecular complexity index is 379. The molecule has 2 rings (SSSR count). The van der Waals surface area contributed by atoms with E-state index in [0.29, 0.717) is 18.2 Å². The van der Waals surface area contributed by atoms with Gasteiger partial charge in [-0.05, 0) is 63.8 Å². The molecule has 1 aromatic rings. The van der Waals surface area contributed by atoms with Crippen LogP contribution in [0.4, 0.5) is 5.69 Å². The molecule has 0 amide bonds. The topological polar surface area (TPSA) is 21.3 Å². The van der Waals surface area contributed by atoms with Crippen LogP contribution < -0.4 is 5.32 Å². The number of nitrogens with one attached hydrogen (secondary N) is 1. The van der Waals surface area contributed by atoms with Crippen molar-refractivity contribution in [1.82, 2.24) is 0 Å². The van der Waals surface area contributed by atoms with Gasteiger partial charge in [0.15, 0.2) is 0 Å². The molecule has 0 radical (unpaired) electrons. The van der Waals surface area contributed by atoms with Crippen LogP contribution in [-0.4, -0.2) is 18.2 Å². The summed E-state index contributed by atoms with van der Waals surface area (Å²) in [6.45, 7) is 8.63. The normalized spacial score (nSPS) is 29.1. The number of benzene rings is 1. The summed E-state index contributed by atoms with van der Waals surface area (Å²) in [5, 5.41) is 3.63. The van der Waals surface area contributed by atoms with E-state index in [-0.39, 0.29) is 0 Å². The van der Waals surface area contributed by atoms with Gasteiger partial charge < -0.3 is 10.1 Å². The Balaban J connectivity index is 2.02. The van der Waals surface area contributed by atoms with E-state index in [2.05, 4.69) is 51.2 Å². The van der Waals surface area contributed by atoms with E-state index < -0.39 is 0 Å². The smallest absolute Gasteiger partial charge is 0.0570 e. The second-order valence-corrected chi connectivity index (χ2v) is 5.37. The summed E-state index contributed by atoms with van der Waals surface area (Å²) in [6, 6.07) is 7.13. The molecule has 2 atom stereocenters. The summed E-state index contributed by atoms with van der Waals surface area (Å²) >= 11 is 0. The van der Waals surface area contributed by atoms with Crippen LogP contribution >= 0.6 is 0 Å². The van der Waals surface area contributed by atoms with Crippen molar-refractivity contribution in [2.45, 2.75) is 58.8 Å². The van der Waals surface area contributed by atoms with Gasteiger partial charge in [-0.25, -0.2) is 0 Å². The van der Waals surface area contributed by atoms with Gasteiger partial charge in [0.2, 0.25) is 0 Å². The molecule has 2 nitrogen and oxygen atoms in total. The summed E-state index contributed by atoms with van der Waals surface area (Å²) in [5.41, 5.74) is 3.94. The Morgan fingerprint density at radius 2 is 1.71 bits per heavy atom. The van der Waals surface area contributed by atoms with Gasteiger partial charge in [-0.1, -0.05) is 6.07 Å². The van der Waals surface area contributed by atoms with Gasteiger partial charge in [0.05, 0.1) is 12.2 Å². The predicted octanol–water partition coefficient (Wildman–Crippen LogP) is 3.67. The third-order valence-corrected chi connectivity index (χ3v) is 3.58. The van der Waals surface area contributed by atoms with Gasteiger partial charge in [0.1, 0.15) is 0 Å². The Labute approximate surface area is 104 Å². The first kappa shape index (κ1) is 12.4. The molecule has 1 saturated heterocycles. The molecule has 1 aliphatic heterocycles. The van der Waals surface area contributed by atoms with Crippen molar-refractivity contribution in [3.05, 3.63) is 29.3 Å². The van der Waals surface area contributed by atoms with Crippen LogP contribution in [0.5, 0.6) is 0 Å². The molecule has 2 unspecified atom stereocenters.